The van der Waals surface area contributed by atoms with Crippen LogP contribution in [0.15, 0.2) is 51.8 Å². The maximum absolute atomic E-state index is 13.4. The molecule has 0 saturated heterocycles. The van der Waals surface area contributed by atoms with Crippen LogP contribution in [0.2, 0.25) is 0 Å². The second-order valence-electron chi connectivity index (χ2n) is 5.17. The van der Waals surface area contributed by atoms with Crippen LogP contribution in [0, 0.1) is 5.82 Å². The Morgan fingerprint density at radius 1 is 1.33 bits per heavy atom. The van der Waals surface area contributed by atoms with Crippen LogP contribution in [-0.2, 0) is 6.42 Å². The number of hydrazine groups is 1. The summed E-state index contributed by atoms with van der Waals surface area (Å²) >= 11 is 5.34. The van der Waals surface area contributed by atoms with Crippen molar-refractivity contribution in [2.75, 3.05) is 5.75 Å². The summed E-state index contributed by atoms with van der Waals surface area (Å²) in [4.78, 5) is 1.32. The predicted octanol–water partition coefficient (Wildman–Crippen LogP) is 3.85. The zero-order valence-electron chi connectivity index (χ0n) is 11.4. The SMILES string of the molecule is NNC(Cc1cc(F)ccc1Br)C1CSc2ccccc21. The maximum Gasteiger partial charge on any atom is 0.123 e. The highest BCUT2D eigenvalue weighted by atomic mass is 79.9. The van der Waals surface area contributed by atoms with Crippen LogP contribution < -0.4 is 11.3 Å². The van der Waals surface area contributed by atoms with Crippen LogP contribution in [0.25, 0.3) is 0 Å². The second-order valence-corrected chi connectivity index (χ2v) is 7.08. The van der Waals surface area contributed by atoms with Gasteiger partial charge in [0.1, 0.15) is 5.82 Å². The summed E-state index contributed by atoms with van der Waals surface area (Å²) in [7, 11) is 0. The Morgan fingerprint density at radius 3 is 2.95 bits per heavy atom. The number of benzene rings is 2. The first-order valence-corrected chi connectivity index (χ1v) is 8.58. The predicted molar refractivity (Wildman–Crippen MR) is 88.8 cm³/mol. The third kappa shape index (κ3) is 3.16. The van der Waals surface area contributed by atoms with Crippen LogP contribution in [0.5, 0.6) is 0 Å². The van der Waals surface area contributed by atoms with Gasteiger partial charge in [0, 0.05) is 27.1 Å². The number of thioether (sulfide) groups is 1. The van der Waals surface area contributed by atoms with Crippen LogP contribution in [0.3, 0.4) is 0 Å². The molecular weight excluding hydrogens is 351 g/mol. The van der Waals surface area contributed by atoms with Crippen molar-refractivity contribution in [3.63, 3.8) is 0 Å². The normalized spacial score (nSPS) is 18.5. The molecule has 0 radical (unpaired) electrons. The maximum atomic E-state index is 13.4. The van der Waals surface area contributed by atoms with Gasteiger partial charge < -0.3 is 0 Å². The van der Waals surface area contributed by atoms with Crippen LogP contribution in [0.4, 0.5) is 4.39 Å². The minimum absolute atomic E-state index is 0.0826. The molecule has 1 aliphatic rings. The molecule has 0 aliphatic carbocycles. The van der Waals surface area contributed by atoms with E-state index in [1.807, 2.05) is 11.8 Å². The fraction of sp³-hybridized carbons (Fsp3) is 0.250. The van der Waals surface area contributed by atoms with Crippen molar-refractivity contribution < 1.29 is 4.39 Å². The Morgan fingerprint density at radius 2 is 2.14 bits per heavy atom. The third-order valence-electron chi connectivity index (χ3n) is 3.88. The van der Waals surface area contributed by atoms with Crippen LogP contribution in [0.1, 0.15) is 17.0 Å². The number of rotatable bonds is 4. The molecule has 5 heteroatoms. The summed E-state index contributed by atoms with van der Waals surface area (Å²) in [5.74, 6) is 6.90. The van der Waals surface area contributed by atoms with E-state index in [-0.39, 0.29) is 11.9 Å². The van der Waals surface area contributed by atoms with E-state index in [9.17, 15) is 4.39 Å². The van der Waals surface area contributed by atoms with E-state index in [1.165, 1.54) is 16.5 Å². The average Bonchev–Trinajstić information content (AvgIpc) is 2.92. The van der Waals surface area contributed by atoms with Gasteiger partial charge in [0.15, 0.2) is 0 Å². The van der Waals surface area contributed by atoms with Crippen molar-refractivity contribution >= 4 is 27.7 Å². The van der Waals surface area contributed by atoms with Gasteiger partial charge in [0.25, 0.3) is 0 Å². The van der Waals surface area contributed by atoms with E-state index in [0.29, 0.717) is 12.3 Å². The van der Waals surface area contributed by atoms with Crippen LogP contribution in [-0.4, -0.2) is 11.8 Å². The Balaban J connectivity index is 1.85. The summed E-state index contributed by atoms with van der Waals surface area (Å²) in [5.41, 5.74) is 5.19. The molecule has 0 fully saturated rings. The van der Waals surface area contributed by atoms with E-state index in [1.54, 1.807) is 12.1 Å². The van der Waals surface area contributed by atoms with Gasteiger partial charge in [-0.3, -0.25) is 11.3 Å². The molecular formula is C16H16BrFN2S. The van der Waals surface area contributed by atoms with Crippen molar-refractivity contribution in [2.24, 2.45) is 5.84 Å². The molecule has 2 aromatic rings. The van der Waals surface area contributed by atoms with Crippen molar-refractivity contribution in [3.05, 3.63) is 63.9 Å². The van der Waals surface area contributed by atoms with E-state index in [2.05, 4.69) is 45.6 Å². The average molecular weight is 367 g/mol. The Labute approximate surface area is 136 Å². The lowest BCUT2D eigenvalue weighted by Gasteiger charge is -2.23. The van der Waals surface area contributed by atoms with Gasteiger partial charge in [-0.25, -0.2) is 4.39 Å². The fourth-order valence-corrected chi connectivity index (χ4v) is 4.51. The molecule has 1 aliphatic heterocycles. The first-order chi connectivity index (χ1) is 10.2. The van der Waals surface area contributed by atoms with Gasteiger partial charge >= 0.3 is 0 Å². The summed E-state index contributed by atoms with van der Waals surface area (Å²) < 4.78 is 14.4. The molecule has 0 spiro atoms. The first kappa shape index (κ1) is 15.0. The van der Waals surface area contributed by atoms with E-state index in [4.69, 9.17) is 5.84 Å². The van der Waals surface area contributed by atoms with Crippen molar-refractivity contribution in [3.8, 4) is 0 Å². The quantitative estimate of drug-likeness (QED) is 0.637. The topological polar surface area (TPSA) is 38.0 Å². The Kier molecular flexibility index (Phi) is 4.64. The Hall–Kier alpha value is -0.880. The van der Waals surface area contributed by atoms with Crippen molar-refractivity contribution in [1.29, 1.82) is 0 Å². The zero-order chi connectivity index (χ0) is 14.8. The molecule has 2 nitrogen and oxygen atoms in total. The monoisotopic (exact) mass is 366 g/mol. The second kappa shape index (κ2) is 6.48. The molecule has 21 heavy (non-hydrogen) atoms. The number of nitrogens with two attached hydrogens (primary N) is 1. The highest BCUT2D eigenvalue weighted by molar-refractivity contribution is 9.10. The summed E-state index contributed by atoms with van der Waals surface area (Å²) in [5, 5.41) is 0. The van der Waals surface area contributed by atoms with Gasteiger partial charge in [-0.05, 0) is 41.8 Å². The highest BCUT2D eigenvalue weighted by Gasteiger charge is 2.30. The lowest BCUT2D eigenvalue weighted by atomic mass is 9.89. The molecule has 3 rings (SSSR count). The van der Waals surface area contributed by atoms with Gasteiger partial charge in [-0.1, -0.05) is 34.1 Å². The molecule has 0 bridgehead atoms. The molecule has 2 aromatic carbocycles. The Bertz CT molecular complexity index is 650. The number of fused-ring (bicyclic) bond motifs is 1. The van der Waals surface area contributed by atoms with Gasteiger partial charge in [-0.2, -0.15) is 0 Å². The van der Waals surface area contributed by atoms with Gasteiger partial charge in [0.2, 0.25) is 0 Å². The summed E-state index contributed by atoms with van der Waals surface area (Å²) in [6, 6.07) is 13.3. The minimum Gasteiger partial charge on any atom is -0.271 e. The lowest BCUT2D eigenvalue weighted by Crippen LogP contribution is -2.41. The molecule has 2 atom stereocenters. The standard InChI is InChI=1S/C16H16BrFN2S/c17-14-6-5-11(18)7-10(14)8-15(20-19)13-9-21-16-4-2-1-3-12(13)16/h1-7,13,15,20H,8-9,19H2. The highest BCUT2D eigenvalue weighted by Crippen LogP contribution is 2.41. The summed E-state index contributed by atoms with van der Waals surface area (Å²) in [6.07, 6.45) is 0.689. The van der Waals surface area contributed by atoms with Crippen LogP contribution >= 0.6 is 27.7 Å². The van der Waals surface area contributed by atoms with Gasteiger partial charge in [-0.15, -0.1) is 11.8 Å². The van der Waals surface area contributed by atoms with E-state index < -0.39 is 0 Å². The summed E-state index contributed by atoms with van der Waals surface area (Å²) in [6.45, 7) is 0. The number of nitrogens with one attached hydrogen (secondary N) is 1. The molecule has 0 aromatic heterocycles. The van der Waals surface area contributed by atoms with E-state index in [0.717, 1.165) is 15.8 Å². The molecule has 0 amide bonds. The molecule has 3 N–H and O–H groups in total. The van der Waals surface area contributed by atoms with Gasteiger partial charge in [0.05, 0.1) is 0 Å². The van der Waals surface area contributed by atoms with Crippen molar-refractivity contribution in [1.82, 2.24) is 5.43 Å². The molecule has 2 unspecified atom stereocenters. The first-order valence-electron chi connectivity index (χ1n) is 6.81. The number of halogens is 2. The largest absolute Gasteiger partial charge is 0.271 e. The molecule has 1 heterocycles. The lowest BCUT2D eigenvalue weighted by molar-refractivity contribution is 0.461. The van der Waals surface area contributed by atoms with Crippen molar-refractivity contribution in [2.45, 2.75) is 23.3 Å². The number of hydrogen-bond donors (Lipinski definition) is 2. The fourth-order valence-electron chi connectivity index (χ4n) is 2.77. The van der Waals surface area contributed by atoms with E-state index >= 15 is 0 Å². The molecule has 0 saturated carbocycles. The minimum atomic E-state index is -0.217. The third-order valence-corrected chi connectivity index (χ3v) is 5.87. The molecule has 110 valence electrons. The zero-order valence-corrected chi connectivity index (χ0v) is 13.8. The number of hydrogen-bond acceptors (Lipinski definition) is 3. The smallest absolute Gasteiger partial charge is 0.123 e.